The normalized spacial score (nSPS) is 16.0. The molecule has 2 rings (SSSR count). The number of benzene rings is 1. The Balaban J connectivity index is 2.15. The third-order valence-electron chi connectivity index (χ3n) is 3.98. The predicted octanol–water partition coefficient (Wildman–Crippen LogP) is 4.88. The van der Waals surface area contributed by atoms with Crippen LogP contribution in [0.15, 0.2) is 21.1 Å². The fourth-order valence-corrected chi connectivity index (χ4v) is 4.34. The van der Waals surface area contributed by atoms with E-state index < -0.39 is 0 Å². The van der Waals surface area contributed by atoms with Crippen LogP contribution in [0.1, 0.15) is 37.7 Å². The van der Waals surface area contributed by atoms with E-state index in [0.29, 0.717) is 6.04 Å². The van der Waals surface area contributed by atoms with Gasteiger partial charge in [-0.15, -0.1) is 0 Å². The van der Waals surface area contributed by atoms with Crippen LogP contribution >= 0.6 is 31.9 Å². The van der Waals surface area contributed by atoms with Crippen molar-refractivity contribution >= 4 is 31.9 Å². The summed E-state index contributed by atoms with van der Waals surface area (Å²) >= 11 is 7.06. The average molecular weight is 416 g/mol. The Morgan fingerprint density at radius 1 is 1.29 bits per heavy atom. The van der Waals surface area contributed by atoms with Crippen LogP contribution in [0, 0.1) is 11.3 Å². The van der Waals surface area contributed by atoms with Gasteiger partial charge in [0.2, 0.25) is 0 Å². The van der Waals surface area contributed by atoms with Gasteiger partial charge in [0.05, 0.1) is 4.47 Å². The number of hydrogen-bond acceptors (Lipinski definition) is 3. The zero-order valence-corrected chi connectivity index (χ0v) is 15.4. The van der Waals surface area contributed by atoms with Crippen molar-refractivity contribution in [1.29, 1.82) is 5.26 Å². The molecule has 1 aromatic carbocycles. The highest BCUT2D eigenvalue weighted by Crippen LogP contribution is 2.34. The van der Waals surface area contributed by atoms with Gasteiger partial charge in [-0.25, -0.2) is 0 Å². The molecule has 0 aromatic heterocycles. The molecule has 1 fully saturated rings. The maximum atomic E-state index is 8.74. The summed E-state index contributed by atoms with van der Waals surface area (Å²) in [5, 5.41) is 8.74. The first kappa shape index (κ1) is 16.8. The summed E-state index contributed by atoms with van der Waals surface area (Å²) in [6.07, 6.45) is 6.58. The molecule has 0 heterocycles. The lowest BCUT2D eigenvalue weighted by molar-refractivity contribution is 0.182. The summed E-state index contributed by atoms with van der Waals surface area (Å²) in [6, 6.07) is 6.72. The molecule has 1 aromatic rings. The van der Waals surface area contributed by atoms with Crippen molar-refractivity contribution in [3.8, 4) is 11.8 Å². The van der Waals surface area contributed by atoms with Crippen LogP contribution in [0.25, 0.3) is 0 Å². The minimum Gasteiger partial charge on any atom is -0.477 e. The van der Waals surface area contributed by atoms with Gasteiger partial charge in [0, 0.05) is 22.6 Å². The Labute approximate surface area is 143 Å². The van der Waals surface area contributed by atoms with E-state index in [-0.39, 0.29) is 6.61 Å². The zero-order chi connectivity index (χ0) is 15.2. The number of nitriles is 1. The fourth-order valence-electron chi connectivity index (χ4n) is 2.92. The molecule has 0 unspecified atom stereocenters. The van der Waals surface area contributed by atoms with Crippen LogP contribution in [-0.4, -0.2) is 24.6 Å². The maximum absolute atomic E-state index is 8.74. The minimum atomic E-state index is 0.0698. The molecule has 0 atom stereocenters. The molecule has 0 spiro atoms. The van der Waals surface area contributed by atoms with Crippen molar-refractivity contribution in [2.75, 3.05) is 13.7 Å². The van der Waals surface area contributed by atoms with E-state index in [1.165, 1.54) is 32.1 Å². The Kier molecular flexibility index (Phi) is 6.53. The third-order valence-corrected chi connectivity index (χ3v) is 5.03. The van der Waals surface area contributed by atoms with E-state index >= 15 is 0 Å². The third kappa shape index (κ3) is 4.70. The molecule has 114 valence electrons. The highest BCUT2D eigenvalue weighted by atomic mass is 79.9. The zero-order valence-electron chi connectivity index (χ0n) is 12.2. The fraction of sp³-hybridized carbons (Fsp3) is 0.562. The molecule has 0 aliphatic heterocycles. The van der Waals surface area contributed by atoms with Gasteiger partial charge in [-0.2, -0.15) is 5.26 Å². The lowest BCUT2D eigenvalue weighted by Crippen LogP contribution is -2.33. The van der Waals surface area contributed by atoms with Crippen LogP contribution in [0.2, 0.25) is 0 Å². The van der Waals surface area contributed by atoms with Gasteiger partial charge < -0.3 is 4.74 Å². The first-order valence-corrected chi connectivity index (χ1v) is 8.88. The maximum Gasteiger partial charge on any atom is 0.174 e. The predicted molar refractivity (Wildman–Crippen MR) is 91.3 cm³/mol. The molecule has 0 radical (unpaired) electrons. The Morgan fingerprint density at radius 2 is 2.00 bits per heavy atom. The van der Waals surface area contributed by atoms with Crippen LogP contribution in [0.4, 0.5) is 0 Å². The van der Waals surface area contributed by atoms with Crippen molar-refractivity contribution < 1.29 is 4.74 Å². The Morgan fingerprint density at radius 3 is 2.67 bits per heavy atom. The van der Waals surface area contributed by atoms with Gasteiger partial charge in [0.15, 0.2) is 6.61 Å². The SMILES string of the molecule is CN(Cc1cc(Br)cc(Br)c1OCC#N)C1CCCCC1. The number of hydrogen-bond donors (Lipinski definition) is 0. The molecule has 0 amide bonds. The molecule has 0 N–H and O–H groups in total. The first-order chi connectivity index (χ1) is 10.1. The van der Waals surface area contributed by atoms with E-state index in [2.05, 4.69) is 49.9 Å². The van der Waals surface area contributed by atoms with Crippen molar-refractivity contribution in [3.63, 3.8) is 0 Å². The van der Waals surface area contributed by atoms with Crippen LogP contribution in [0.3, 0.4) is 0 Å². The second-order valence-electron chi connectivity index (χ2n) is 5.53. The second kappa shape index (κ2) is 8.17. The van der Waals surface area contributed by atoms with Crippen molar-refractivity contribution in [2.24, 2.45) is 0 Å². The topological polar surface area (TPSA) is 36.3 Å². The van der Waals surface area contributed by atoms with Gasteiger partial charge in [-0.05, 0) is 48.0 Å². The molecule has 5 heteroatoms. The Hall–Kier alpha value is -0.570. The van der Waals surface area contributed by atoms with E-state index in [9.17, 15) is 0 Å². The quantitative estimate of drug-likeness (QED) is 0.687. The molecular weight excluding hydrogens is 396 g/mol. The number of rotatable bonds is 5. The smallest absolute Gasteiger partial charge is 0.174 e. The van der Waals surface area contributed by atoms with Crippen LogP contribution < -0.4 is 4.74 Å². The van der Waals surface area contributed by atoms with Crippen molar-refractivity contribution in [3.05, 3.63) is 26.6 Å². The van der Waals surface area contributed by atoms with Gasteiger partial charge in [-0.1, -0.05) is 35.2 Å². The second-order valence-corrected chi connectivity index (χ2v) is 7.30. The molecule has 1 aliphatic rings. The number of ether oxygens (including phenoxy) is 1. The highest BCUT2D eigenvalue weighted by molar-refractivity contribution is 9.11. The van der Waals surface area contributed by atoms with Crippen LogP contribution in [-0.2, 0) is 6.54 Å². The Bertz CT molecular complexity index is 522. The molecule has 0 bridgehead atoms. The van der Waals surface area contributed by atoms with Gasteiger partial charge in [-0.3, -0.25) is 4.90 Å². The largest absolute Gasteiger partial charge is 0.477 e. The lowest BCUT2D eigenvalue weighted by atomic mass is 9.94. The highest BCUT2D eigenvalue weighted by Gasteiger charge is 2.20. The summed E-state index contributed by atoms with van der Waals surface area (Å²) in [5.41, 5.74) is 1.11. The minimum absolute atomic E-state index is 0.0698. The van der Waals surface area contributed by atoms with Crippen LogP contribution in [0.5, 0.6) is 5.75 Å². The molecule has 21 heavy (non-hydrogen) atoms. The number of nitrogens with zero attached hydrogens (tertiary/aromatic N) is 2. The monoisotopic (exact) mass is 414 g/mol. The first-order valence-electron chi connectivity index (χ1n) is 7.29. The molecule has 0 saturated heterocycles. The molecule has 1 aliphatic carbocycles. The number of halogens is 2. The van der Waals surface area contributed by atoms with Gasteiger partial charge in [0.1, 0.15) is 11.8 Å². The van der Waals surface area contributed by atoms with Gasteiger partial charge in [0.25, 0.3) is 0 Å². The van der Waals surface area contributed by atoms with E-state index in [1.807, 2.05) is 12.1 Å². The molecular formula is C16H20Br2N2O. The lowest BCUT2D eigenvalue weighted by Gasteiger charge is -2.31. The average Bonchev–Trinajstić information content (AvgIpc) is 2.47. The van der Waals surface area contributed by atoms with E-state index in [4.69, 9.17) is 10.00 Å². The van der Waals surface area contributed by atoms with Crippen molar-refractivity contribution in [1.82, 2.24) is 4.90 Å². The molecule has 1 saturated carbocycles. The summed E-state index contributed by atoms with van der Waals surface area (Å²) in [5.74, 6) is 0.780. The standard InChI is InChI=1S/C16H20Br2N2O/c1-20(14-5-3-2-4-6-14)11-12-9-13(17)10-15(18)16(12)21-8-7-19/h9-10,14H,2-6,8,11H2,1H3. The van der Waals surface area contributed by atoms with E-state index in [1.54, 1.807) is 0 Å². The molecule has 3 nitrogen and oxygen atoms in total. The summed E-state index contributed by atoms with van der Waals surface area (Å²) in [4.78, 5) is 2.41. The summed E-state index contributed by atoms with van der Waals surface area (Å²) in [6.45, 7) is 0.907. The summed E-state index contributed by atoms with van der Waals surface area (Å²) in [7, 11) is 2.18. The van der Waals surface area contributed by atoms with E-state index in [0.717, 1.165) is 26.8 Å². The van der Waals surface area contributed by atoms with Crippen molar-refractivity contribution in [2.45, 2.75) is 44.7 Å². The summed E-state index contributed by atoms with van der Waals surface area (Å²) < 4.78 is 7.51. The van der Waals surface area contributed by atoms with Gasteiger partial charge >= 0.3 is 0 Å².